The van der Waals surface area contributed by atoms with Crippen LogP contribution in [0.3, 0.4) is 0 Å². The van der Waals surface area contributed by atoms with Gasteiger partial charge in [-0.1, -0.05) is 0 Å². The van der Waals surface area contributed by atoms with Gasteiger partial charge in [-0.25, -0.2) is 0 Å². The minimum atomic E-state index is -0.533. The molecule has 2 aliphatic heterocycles. The lowest BCUT2D eigenvalue weighted by atomic mass is 10.4. The smallest absolute Gasteiger partial charge is 0.317 e. The fraction of sp³-hybridized carbons (Fsp3) is 0.867. The first-order valence-electron chi connectivity index (χ1n) is 8.15. The van der Waals surface area contributed by atoms with Gasteiger partial charge in [0.2, 0.25) is 0 Å². The Hall–Kier alpha value is -1.22. The molecule has 0 aliphatic carbocycles. The highest BCUT2D eigenvalue weighted by Crippen LogP contribution is 1.99. The van der Waals surface area contributed by atoms with Crippen molar-refractivity contribution < 1.29 is 28.5 Å². The van der Waals surface area contributed by atoms with E-state index in [4.69, 9.17) is 18.9 Å². The lowest BCUT2D eigenvalue weighted by Crippen LogP contribution is -2.39. The molecule has 2 fully saturated rings. The highest BCUT2D eigenvalue weighted by atomic mass is 16.6. The summed E-state index contributed by atoms with van der Waals surface area (Å²) in [4.78, 5) is 27.5. The van der Waals surface area contributed by atoms with Crippen LogP contribution in [0.1, 0.15) is 6.42 Å². The SMILES string of the molecule is O=C(CC(=O)OCCN1CCOCC1)OCCN1CCOCC1. The van der Waals surface area contributed by atoms with Crippen molar-refractivity contribution in [1.29, 1.82) is 0 Å². The van der Waals surface area contributed by atoms with Gasteiger partial charge in [0.05, 0.1) is 26.4 Å². The Bertz CT molecular complexity index is 333. The van der Waals surface area contributed by atoms with Crippen molar-refractivity contribution in [2.45, 2.75) is 6.42 Å². The third-order valence-electron chi connectivity index (χ3n) is 3.84. The summed E-state index contributed by atoms with van der Waals surface area (Å²) in [5.74, 6) is -1.07. The number of ether oxygens (including phenoxy) is 4. The van der Waals surface area contributed by atoms with Gasteiger partial charge in [-0.2, -0.15) is 0 Å². The van der Waals surface area contributed by atoms with E-state index in [0.717, 1.165) is 26.2 Å². The van der Waals surface area contributed by atoms with Crippen LogP contribution in [0.2, 0.25) is 0 Å². The molecule has 0 bridgehead atoms. The van der Waals surface area contributed by atoms with Gasteiger partial charge in [0, 0.05) is 39.3 Å². The molecule has 0 unspecified atom stereocenters. The lowest BCUT2D eigenvalue weighted by Gasteiger charge is -2.26. The molecule has 132 valence electrons. The zero-order chi connectivity index (χ0) is 16.3. The van der Waals surface area contributed by atoms with Gasteiger partial charge >= 0.3 is 11.9 Å². The molecule has 0 aromatic heterocycles. The van der Waals surface area contributed by atoms with E-state index in [-0.39, 0.29) is 6.42 Å². The van der Waals surface area contributed by atoms with E-state index < -0.39 is 11.9 Å². The molecule has 2 saturated heterocycles. The molecule has 2 heterocycles. The Kier molecular flexibility index (Phi) is 8.30. The Morgan fingerprint density at radius 2 is 1.13 bits per heavy atom. The molecule has 0 radical (unpaired) electrons. The first-order chi connectivity index (χ1) is 11.2. The van der Waals surface area contributed by atoms with Crippen LogP contribution in [-0.2, 0) is 28.5 Å². The number of morpholine rings is 2. The summed E-state index contributed by atoms with van der Waals surface area (Å²) in [6.07, 6.45) is -0.327. The van der Waals surface area contributed by atoms with Crippen LogP contribution in [0.25, 0.3) is 0 Å². The molecule has 0 saturated carbocycles. The average molecular weight is 330 g/mol. The van der Waals surface area contributed by atoms with Crippen LogP contribution in [-0.4, -0.2) is 101 Å². The van der Waals surface area contributed by atoms with Crippen molar-refractivity contribution in [3.63, 3.8) is 0 Å². The lowest BCUT2D eigenvalue weighted by molar-refractivity contribution is -0.155. The van der Waals surface area contributed by atoms with E-state index in [9.17, 15) is 9.59 Å². The molecule has 0 atom stereocenters. The fourth-order valence-electron chi connectivity index (χ4n) is 2.45. The molecule has 0 aromatic rings. The molecule has 0 amide bonds. The average Bonchev–Trinajstić information content (AvgIpc) is 2.57. The summed E-state index contributed by atoms with van der Waals surface area (Å²) in [6, 6.07) is 0. The zero-order valence-electron chi connectivity index (χ0n) is 13.5. The van der Waals surface area contributed by atoms with Gasteiger partial charge in [-0.3, -0.25) is 19.4 Å². The number of carbonyl (C=O) groups excluding carboxylic acids is 2. The Balaban J connectivity index is 1.47. The molecule has 2 rings (SSSR count). The number of rotatable bonds is 8. The molecule has 0 aromatic carbocycles. The number of nitrogens with zero attached hydrogens (tertiary/aromatic N) is 2. The Labute approximate surface area is 136 Å². The second-order valence-corrected chi connectivity index (χ2v) is 5.53. The minimum Gasteiger partial charge on any atom is -0.464 e. The quantitative estimate of drug-likeness (QED) is 0.420. The van der Waals surface area contributed by atoms with Crippen molar-refractivity contribution in [3.8, 4) is 0 Å². The van der Waals surface area contributed by atoms with Crippen molar-refractivity contribution in [2.75, 3.05) is 78.9 Å². The first kappa shape index (κ1) is 18.1. The molecular weight excluding hydrogens is 304 g/mol. The number of hydrogen-bond acceptors (Lipinski definition) is 8. The zero-order valence-corrected chi connectivity index (χ0v) is 13.5. The molecule has 8 heteroatoms. The summed E-state index contributed by atoms with van der Waals surface area (Å²) in [6.45, 7) is 8.16. The monoisotopic (exact) mass is 330 g/mol. The predicted octanol–water partition coefficient (Wildman–Crippen LogP) is -0.873. The molecule has 23 heavy (non-hydrogen) atoms. The highest BCUT2D eigenvalue weighted by Gasteiger charge is 2.15. The van der Waals surface area contributed by atoms with Crippen LogP contribution in [0.15, 0.2) is 0 Å². The Morgan fingerprint density at radius 1 is 0.739 bits per heavy atom. The molecular formula is C15H26N2O6. The van der Waals surface area contributed by atoms with E-state index in [2.05, 4.69) is 9.80 Å². The van der Waals surface area contributed by atoms with Crippen molar-refractivity contribution in [1.82, 2.24) is 9.80 Å². The van der Waals surface area contributed by atoms with Gasteiger partial charge in [-0.15, -0.1) is 0 Å². The van der Waals surface area contributed by atoms with Crippen LogP contribution in [0.5, 0.6) is 0 Å². The fourth-order valence-corrected chi connectivity index (χ4v) is 2.45. The predicted molar refractivity (Wildman–Crippen MR) is 81.1 cm³/mol. The van der Waals surface area contributed by atoms with Gasteiger partial charge in [0.1, 0.15) is 19.6 Å². The summed E-state index contributed by atoms with van der Waals surface area (Å²) in [5.41, 5.74) is 0. The minimum absolute atomic E-state index is 0.292. The van der Waals surface area contributed by atoms with Crippen LogP contribution >= 0.6 is 0 Å². The van der Waals surface area contributed by atoms with Crippen molar-refractivity contribution in [2.24, 2.45) is 0 Å². The van der Waals surface area contributed by atoms with E-state index >= 15 is 0 Å². The third-order valence-corrected chi connectivity index (χ3v) is 3.84. The second kappa shape index (κ2) is 10.5. The maximum Gasteiger partial charge on any atom is 0.317 e. The van der Waals surface area contributed by atoms with E-state index in [1.54, 1.807) is 0 Å². The maximum atomic E-state index is 11.6. The van der Waals surface area contributed by atoms with Gasteiger partial charge < -0.3 is 18.9 Å². The molecule has 0 N–H and O–H groups in total. The van der Waals surface area contributed by atoms with Crippen LogP contribution < -0.4 is 0 Å². The van der Waals surface area contributed by atoms with Gasteiger partial charge in [0.25, 0.3) is 0 Å². The van der Waals surface area contributed by atoms with E-state index in [0.29, 0.717) is 52.7 Å². The van der Waals surface area contributed by atoms with E-state index in [1.807, 2.05) is 0 Å². The largest absolute Gasteiger partial charge is 0.464 e. The number of hydrogen-bond donors (Lipinski definition) is 0. The first-order valence-corrected chi connectivity index (χ1v) is 8.15. The second-order valence-electron chi connectivity index (χ2n) is 5.53. The van der Waals surface area contributed by atoms with Crippen LogP contribution in [0.4, 0.5) is 0 Å². The van der Waals surface area contributed by atoms with Crippen molar-refractivity contribution in [3.05, 3.63) is 0 Å². The van der Waals surface area contributed by atoms with Crippen LogP contribution in [0, 0.1) is 0 Å². The maximum absolute atomic E-state index is 11.6. The standard InChI is InChI=1S/C15H26N2O6/c18-14(22-11-5-16-1-7-20-8-2-16)13-15(19)23-12-6-17-3-9-21-10-4-17/h1-13H2. The summed E-state index contributed by atoms with van der Waals surface area (Å²) in [5, 5.41) is 0. The summed E-state index contributed by atoms with van der Waals surface area (Å²) >= 11 is 0. The summed E-state index contributed by atoms with van der Waals surface area (Å²) in [7, 11) is 0. The molecule has 8 nitrogen and oxygen atoms in total. The number of carbonyl (C=O) groups is 2. The van der Waals surface area contributed by atoms with Gasteiger partial charge in [0.15, 0.2) is 0 Å². The number of esters is 2. The third kappa shape index (κ3) is 7.74. The topological polar surface area (TPSA) is 77.5 Å². The highest BCUT2D eigenvalue weighted by molar-refractivity contribution is 5.91. The normalized spacial score (nSPS) is 20.2. The molecule has 0 spiro atoms. The Morgan fingerprint density at radius 3 is 1.52 bits per heavy atom. The molecule has 2 aliphatic rings. The van der Waals surface area contributed by atoms with Crippen molar-refractivity contribution >= 4 is 11.9 Å². The van der Waals surface area contributed by atoms with E-state index in [1.165, 1.54) is 0 Å². The summed E-state index contributed by atoms with van der Waals surface area (Å²) < 4.78 is 20.6. The van der Waals surface area contributed by atoms with Gasteiger partial charge in [-0.05, 0) is 0 Å².